The molecule has 3 heteroatoms. The SMILES string of the molecule is CCC(CCO)CNC(=O)Cc1ccc(C)cc1. The third-order valence-corrected chi connectivity index (χ3v) is 3.19. The highest BCUT2D eigenvalue weighted by atomic mass is 16.3. The Hall–Kier alpha value is -1.35. The van der Waals surface area contributed by atoms with Gasteiger partial charge in [-0.25, -0.2) is 0 Å². The molecule has 1 unspecified atom stereocenters. The van der Waals surface area contributed by atoms with E-state index in [9.17, 15) is 4.79 Å². The van der Waals surface area contributed by atoms with Gasteiger partial charge in [-0.1, -0.05) is 43.2 Å². The van der Waals surface area contributed by atoms with E-state index in [1.54, 1.807) is 0 Å². The van der Waals surface area contributed by atoms with Crippen molar-refractivity contribution in [3.8, 4) is 0 Å². The molecule has 0 saturated carbocycles. The lowest BCUT2D eigenvalue weighted by molar-refractivity contribution is -0.120. The van der Waals surface area contributed by atoms with Crippen LogP contribution in [0.15, 0.2) is 24.3 Å². The normalized spacial score (nSPS) is 12.2. The van der Waals surface area contributed by atoms with Gasteiger partial charge < -0.3 is 10.4 Å². The molecule has 0 aliphatic carbocycles. The molecule has 0 heterocycles. The number of hydrogen-bond acceptors (Lipinski definition) is 2. The summed E-state index contributed by atoms with van der Waals surface area (Å²) in [6.45, 7) is 4.95. The van der Waals surface area contributed by atoms with Crippen LogP contribution in [-0.4, -0.2) is 24.2 Å². The zero-order valence-corrected chi connectivity index (χ0v) is 11.3. The van der Waals surface area contributed by atoms with Crippen LogP contribution in [0.4, 0.5) is 0 Å². The summed E-state index contributed by atoms with van der Waals surface area (Å²) in [7, 11) is 0. The fourth-order valence-corrected chi connectivity index (χ4v) is 1.85. The van der Waals surface area contributed by atoms with Crippen molar-refractivity contribution in [2.45, 2.75) is 33.1 Å². The minimum atomic E-state index is 0.0512. The summed E-state index contributed by atoms with van der Waals surface area (Å²) in [4.78, 5) is 11.7. The molecule has 2 N–H and O–H groups in total. The molecule has 0 radical (unpaired) electrons. The van der Waals surface area contributed by atoms with Crippen molar-refractivity contribution in [3.05, 3.63) is 35.4 Å². The molecule has 100 valence electrons. The van der Waals surface area contributed by atoms with Crippen LogP contribution in [0.5, 0.6) is 0 Å². The average Bonchev–Trinajstić information content (AvgIpc) is 2.37. The monoisotopic (exact) mass is 249 g/mol. The predicted octanol–water partition coefficient (Wildman–Crippen LogP) is 2.06. The minimum Gasteiger partial charge on any atom is -0.396 e. The first-order valence-electron chi connectivity index (χ1n) is 6.58. The molecule has 0 spiro atoms. The number of benzene rings is 1. The minimum absolute atomic E-state index is 0.0512. The fraction of sp³-hybridized carbons (Fsp3) is 0.533. The van der Waals surface area contributed by atoms with Crippen LogP contribution in [0.1, 0.15) is 30.9 Å². The Labute approximate surface area is 109 Å². The van der Waals surface area contributed by atoms with Crippen molar-refractivity contribution in [1.29, 1.82) is 0 Å². The molecule has 0 saturated heterocycles. The molecule has 1 aromatic carbocycles. The molecule has 1 aromatic rings. The summed E-state index contributed by atoms with van der Waals surface area (Å²) in [5, 5.41) is 11.8. The highest BCUT2D eigenvalue weighted by Crippen LogP contribution is 2.07. The van der Waals surface area contributed by atoms with Crippen LogP contribution in [-0.2, 0) is 11.2 Å². The number of aliphatic hydroxyl groups is 1. The van der Waals surface area contributed by atoms with E-state index < -0.39 is 0 Å². The van der Waals surface area contributed by atoms with Gasteiger partial charge in [0.1, 0.15) is 0 Å². The summed E-state index contributed by atoms with van der Waals surface area (Å²) in [5.41, 5.74) is 2.24. The topological polar surface area (TPSA) is 49.3 Å². The van der Waals surface area contributed by atoms with Crippen LogP contribution in [0, 0.1) is 12.8 Å². The average molecular weight is 249 g/mol. The standard InChI is InChI=1S/C15H23NO2/c1-3-13(8-9-17)11-16-15(18)10-14-6-4-12(2)5-7-14/h4-7,13,17H,3,8-11H2,1-2H3,(H,16,18). The van der Waals surface area contributed by atoms with Gasteiger partial charge in [0, 0.05) is 13.2 Å². The second-order valence-electron chi connectivity index (χ2n) is 4.75. The molecule has 1 atom stereocenters. The van der Waals surface area contributed by atoms with Crippen LogP contribution in [0.3, 0.4) is 0 Å². The number of carbonyl (C=O) groups excluding carboxylic acids is 1. The number of hydrogen-bond donors (Lipinski definition) is 2. The van der Waals surface area contributed by atoms with Crippen molar-refractivity contribution >= 4 is 5.91 Å². The second kappa shape index (κ2) is 7.88. The molecular weight excluding hydrogens is 226 g/mol. The van der Waals surface area contributed by atoms with E-state index in [0.29, 0.717) is 18.9 Å². The zero-order chi connectivity index (χ0) is 13.4. The number of aliphatic hydroxyl groups excluding tert-OH is 1. The molecule has 1 amide bonds. The number of carbonyl (C=O) groups is 1. The summed E-state index contributed by atoms with van der Waals surface area (Å²) >= 11 is 0. The van der Waals surface area contributed by atoms with E-state index in [1.165, 1.54) is 5.56 Å². The number of nitrogens with one attached hydrogen (secondary N) is 1. The van der Waals surface area contributed by atoms with Crippen molar-refractivity contribution in [2.75, 3.05) is 13.2 Å². The molecule has 18 heavy (non-hydrogen) atoms. The number of rotatable bonds is 7. The fourth-order valence-electron chi connectivity index (χ4n) is 1.85. The summed E-state index contributed by atoms with van der Waals surface area (Å²) in [6.07, 6.45) is 2.16. The first-order chi connectivity index (χ1) is 8.65. The lowest BCUT2D eigenvalue weighted by Gasteiger charge is -2.14. The van der Waals surface area contributed by atoms with Gasteiger partial charge in [0.05, 0.1) is 6.42 Å². The molecule has 0 aliphatic rings. The van der Waals surface area contributed by atoms with Gasteiger partial charge in [-0.05, 0) is 24.8 Å². The van der Waals surface area contributed by atoms with Gasteiger partial charge in [0.2, 0.25) is 5.91 Å². The van der Waals surface area contributed by atoms with Crippen LogP contribution in [0.25, 0.3) is 0 Å². The van der Waals surface area contributed by atoms with Gasteiger partial charge in [-0.2, -0.15) is 0 Å². The maximum Gasteiger partial charge on any atom is 0.224 e. The third-order valence-electron chi connectivity index (χ3n) is 3.19. The quantitative estimate of drug-likeness (QED) is 0.777. The summed E-state index contributed by atoms with van der Waals surface area (Å²) in [5.74, 6) is 0.423. The number of amides is 1. The van der Waals surface area contributed by atoms with Gasteiger partial charge in [0.15, 0.2) is 0 Å². The Morgan fingerprint density at radius 1 is 1.33 bits per heavy atom. The third kappa shape index (κ3) is 5.32. The highest BCUT2D eigenvalue weighted by Gasteiger charge is 2.08. The van der Waals surface area contributed by atoms with Gasteiger partial charge in [-0.15, -0.1) is 0 Å². The maximum absolute atomic E-state index is 11.7. The smallest absolute Gasteiger partial charge is 0.224 e. The lowest BCUT2D eigenvalue weighted by Crippen LogP contribution is -2.30. The van der Waals surface area contributed by atoms with E-state index in [0.717, 1.165) is 18.4 Å². The van der Waals surface area contributed by atoms with E-state index in [2.05, 4.69) is 12.2 Å². The summed E-state index contributed by atoms with van der Waals surface area (Å²) < 4.78 is 0. The van der Waals surface area contributed by atoms with Gasteiger partial charge in [0.25, 0.3) is 0 Å². The molecule has 0 aromatic heterocycles. The first-order valence-corrected chi connectivity index (χ1v) is 6.58. The Kier molecular flexibility index (Phi) is 6.44. The first kappa shape index (κ1) is 14.7. The lowest BCUT2D eigenvalue weighted by atomic mass is 10.0. The molecule has 1 rings (SSSR count). The zero-order valence-electron chi connectivity index (χ0n) is 11.3. The predicted molar refractivity (Wildman–Crippen MR) is 73.4 cm³/mol. The van der Waals surface area contributed by atoms with E-state index in [-0.39, 0.29) is 12.5 Å². The molecule has 3 nitrogen and oxygen atoms in total. The van der Waals surface area contributed by atoms with E-state index >= 15 is 0 Å². The van der Waals surface area contributed by atoms with Crippen molar-refractivity contribution in [1.82, 2.24) is 5.32 Å². The van der Waals surface area contributed by atoms with Crippen LogP contribution < -0.4 is 5.32 Å². The van der Waals surface area contributed by atoms with E-state index in [1.807, 2.05) is 31.2 Å². The van der Waals surface area contributed by atoms with Crippen LogP contribution >= 0.6 is 0 Å². The Morgan fingerprint density at radius 3 is 2.56 bits per heavy atom. The second-order valence-corrected chi connectivity index (χ2v) is 4.75. The molecule has 0 fully saturated rings. The molecular formula is C15H23NO2. The Bertz CT molecular complexity index is 359. The van der Waals surface area contributed by atoms with Crippen molar-refractivity contribution in [3.63, 3.8) is 0 Å². The number of aryl methyl sites for hydroxylation is 1. The molecule has 0 bridgehead atoms. The van der Waals surface area contributed by atoms with Gasteiger partial charge >= 0.3 is 0 Å². The Balaban J connectivity index is 2.35. The van der Waals surface area contributed by atoms with Crippen molar-refractivity contribution in [2.24, 2.45) is 5.92 Å². The van der Waals surface area contributed by atoms with Crippen molar-refractivity contribution < 1.29 is 9.90 Å². The summed E-state index contributed by atoms with van der Waals surface area (Å²) in [6, 6.07) is 8.01. The maximum atomic E-state index is 11.7. The van der Waals surface area contributed by atoms with Gasteiger partial charge in [-0.3, -0.25) is 4.79 Å². The Morgan fingerprint density at radius 2 is 2.00 bits per heavy atom. The highest BCUT2D eigenvalue weighted by molar-refractivity contribution is 5.78. The largest absolute Gasteiger partial charge is 0.396 e. The van der Waals surface area contributed by atoms with Crippen LogP contribution in [0.2, 0.25) is 0 Å². The molecule has 0 aliphatic heterocycles. The van der Waals surface area contributed by atoms with E-state index in [4.69, 9.17) is 5.11 Å².